The molecule has 0 bridgehead atoms. The van der Waals surface area contributed by atoms with Crippen LogP contribution in [0.25, 0.3) is 0 Å². The second-order valence-corrected chi connectivity index (χ2v) is 6.46. The minimum Gasteiger partial charge on any atom is -0.399 e. The molecule has 0 saturated carbocycles. The van der Waals surface area contributed by atoms with Gasteiger partial charge in [-0.25, -0.2) is 8.42 Å². The molecule has 0 aromatic heterocycles. The van der Waals surface area contributed by atoms with Gasteiger partial charge in [0.1, 0.15) is 11.0 Å². The molecule has 0 heterocycles. The van der Waals surface area contributed by atoms with E-state index < -0.39 is 10.0 Å². The summed E-state index contributed by atoms with van der Waals surface area (Å²) in [5, 5.41) is 9.19. The molecule has 0 saturated heterocycles. The van der Waals surface area contributed by atoms with E-state index in [0.29, 0.717) is 5.56 Å². The number of hydrogen-bond donors (Lipinski definition) is 2. The van der Waals surface area contributed by atoms with E-state index in [1.54, 1.807) is 19.1 Å². The zero-order valence-electron chi connectivity index (χ0n) is 11.1. The summed E-state index contributed by atoms with van der Waals surface area (Å²) in [4.78, 5) is -0.130. The molecule has 0 fully saturated rings. The number of nitriles is 1. The lowest BCUT2D eigenvalue weighted by Crippen LogP contribution is -2.15. The first-order chi connectivity index (χ1) is 9.85. The second kappa shape index (κ2) is 5.64. The number of nitrogen functional groups attached to an aromatic ring is 1. The average molecular weight is 322 g/mol. The van der Waals surface area contributed by atoms with Crippen molar-refractivity contribution in [2.24, 2.45) is 0 Å². The molecule has 0 amide bonds. The van der Waals surface area contributed by atoms with E-state index in [2.05, 4.69) is 4.72 Å². The van der Waals surface area contributed by atoms with E-state index in [1.165, 1.54) is 24.3 Å². The van der Waals surface area contributed by atoms with Crippen molar-refractivity contribution in [3.8, 4) is 6.07 Å². The fourth-order valence-corrected chi connectivity index (χ4v) is 3.43. The molecule has 3 N–H and O–H groups in total. The Morgan fingerprint density at radius 3 is 2.67 bits per heavy atom. The Balaban J connectivity index is 2.51. The van der Waals surface area contributed by atoms with Crippen LogP contribution in [0.4, 0.5) is 11.4 Å². The van der Waals surface area contributed by atoms with Gasteiger partial charge in [-0.1, -0.05) is 23.7 Å². The normalized spacial score (nSPS) is 10.9. The van der Waals surface area contributed by atoms with Crippen molar-refractivity contribution >= 4 is 33.0 Å². The number of halogens is 1. The van der Waals surface area contributed by atoms with Crippen molar-refractivity contribution in [2.45, 2.75) is 11.8 Å². The number of rotatable bonds is 3. The van der Waals surface area contributed by atoms with Crippen molar-refractivity contribution in [3.63, 3.8) is 0 Å². The minimum atomic E-state index is -3.93. The van der Waals surface area contributed by atoms with Crippen LogP contribution in [0.15, 0.2) is 41.3 Å². The maximum atomic E-state index is 12.4. The first-order valence-corrected chi connectivity index (χ1v) is 7.79. The van der Waals surface area contributed by atoms with Crippen LogP contribution in [0.1, 0.15) is 11.1 Å². The minimum absolute atomic E-state index is 0.0582. The molecule has 0 radical (unpaired) electrons. The number of benzene rings is 2. The summed E-state index contributed by atoms with van der Waals surface area (Å²) in [6.07, 6.45) is 0. The highest BCUT2D eigenvalue weighted by Crippen LogP contribution is 2.27. The highest BCUT2D eigenvalue weighted by atomic mass is 35.5. The SMILES string of the molecule is Cc1cccc(NS(=O)(=O)c2cc(N)ccc2Cl)c1C#N. The fraction of sp³-hybridized carbons (Fsp3) is 0.0714. The third-order valence-corrected chi connectivity index (χ3v) is 4.72. The van der Waals surface area contributed by atoms with Gasteiger partial charge in [0.2, 0.25) is 0 Å². The highest BCUT2D eigenvalue weighted by molar-refractivity contribution is 7.92. The number of nitrogens with two attached hydrogens (primary N) is 1. The summed E-state index contributed by atoms with van der Waals surface area (Å²) < 4.78 is 27.2. The highest BCUT2D eigenvalue weighted by Gasteiger charge is 2.20. The van der Waals surface area contributed by atoms with Gasteiger partial charge in [-0.3, -0.25) is 4.72 Å². The second-order valence-electron chi connectivity index (χ2n) is 4.40. The van der Waals surface area contributed by atoms with Crippen LogP contribution in [0.3, 0.4) is 0 Å². The molecule has 0 aliphatic rings. The topological polar surface area (TPSA) is 96.0 Å². The molecular formula is C14H12ClN3O2S. The van der Waals surface area contributed by atoms with Gasteiger partial charge in [0, 0.05) is 5.69 Å². The van der Waals surface area contributed by atoms with Gasteiger partial charge in [-0.15, -0.1) is 0 Å². The number of aryl methyl sites for hydroxylation is 1. The zero-order chi connectivity index (χ0) is 15.6. The van der Waals surface area contributed by atoms with E-state index in [4.69, 9.17) is 22.6 Å². The van der Waals surface area contributed by atoms with Crippen molar-refractivity contribution in [3.05, 3.63) is 52.5 Å². The summed E-state index contributed by atoms with van der Waals surface area (Å²) in [6.45, 7) is 1.73. The number of sulfonamides is 1. The first kappa shape index (κ1) is 15.2. The van der Waals surface area contributed by atoms with Crippen LogP contribution in [0.5, 0.6) is 0 Å². The van der Waals surface area contributed by atoms with Crippen molar-refractivity contribution in [2.75, 3.05) is 10.5 Å². The molecule has 2 rings (SSSR count). The van der Waals surface area contributed by atoms with Gasteiger partial charge in [-0.05, 0) is 36.8 Å². The zero-order valence-corrected chi connectivity index (χ0v) is 12.7. The third kappa shape index (κ3) is 3.10. The lowest BCUT2D eigenvalue weighted by atomic mass is 10.1. The summed E-state index contributed by atoms with van der Waals surface area (Å²) in [7, 11) is -3.93. The summed E-state index contributed by atoms with van der Waals surface area (Å²) in [5.74, 6) is 0. The predicted molar refractivity (Wildman–Crippen MR) is 82.6 cm³/mol. The quantitative estimate of drug-likeness (QED) is 0.849. The van der Waals surface area contributed by atoms with Crippen LogP contribution < -0.4 is 10.5 Å². The van der Waals surface area contributed by atoms with Crippen LogP contribution >= 0.6 is 11.6 Å². The van der Waals surface area contributed by atoms with Gasteiger partial charge in [-0.2, -0.15) is 5.26 Å². The van der Waals surface area contributed by atoms with E-state index in [0.717, 1.165) is 0 Å². The summed E-state index contributed by atoms with van der Waals surface area (Å²) in [6, 6.07) is 11.1. The number of nitrogens with one attached hydrogen (secondary N) is 1. The molecule has 0 spiro atoms. The Kier molecular flexibility index (Phi) is 4.07. The van der Waals surface area contributed by atoms with Crippen molar-refractivity contribution < 1.29 is 8.42 Å². The molecule has 0 aliphatic heterocycles. The van der Waals surface area contributed by atoms with Gasteiger partial charge in [0.05, 0.1) is 16.3 Å². The standard InChI is InChI=1S/C14H12ClN3O2S/c1-9-3-2-4-13(11(9)8-16)18-21(19,20)14-7-10(17)5-6-12(14)15/h2-7,18H,17H2,1H3. The molecule has 2 aromatic carbocycles. The van der Waals surface area contributed by atoms with Gasteiger partial charge < -0.3 is 5.73 Å². The molecular weight excluding hydrogens is 310 g/mol. The lowest BCUT2D eigenvalue weighted by Gasteiger charge is -2.12. The molecule has 21 heavy (non-hydrogen) atoms. The number of hydrogen-bond acceptors (Lipinski definition) is 4. The Hall–Kier alpha value is -2.23. The Bertz CT molecular complexity index is 842. The first-order valence-electron chi connectivity index (χ1n) is 5.92. The molecule has 7 heteroatoms. The summed E-state index contributed by atoms with van der Waals surface area (Å²) >= 11 is 5.91. The van der Waals surface area contributed by atoms with Crippen LogP contribution in [-0.2, 0) is 10.0 Å². The van der Waals surface area contributed by atoms with E-state index in [-0.39, 0.29) is 26.9 Å². The van der Waals surface area contributed by atoms with Gasteiger partial charge >= 0.3 is 0 Å². The van der Waals surface area contributed by atoms with Crippen LogP contribution in [0, 0.1) is 18.3 Å². The Morgan fingerprint density at radius 2 is 2.00 bits per heavy atom. The number of nitrogens with zero attached hydrogens (tertiary/aromatic N) is 1. The van der Waals surface area contributed by atoms with Crippen LogP contribution in [0.2, 0.25) is 5.02 Å². The van der Waals surface area contributed by atoms with E-state index in [1.807, 2.05) is 6.07 Å². The maximum Gasteiger partial charge on any atom is 0.263 e. The fourth-order valence-electron chi connectivity index (χ4n) is 1.83. The maximum absolute atomic E-state index is 12.4. The molecule has 108 valence electrons. The summed E-state index contributed by atoms with van der Waals surface area (Å²) in [5.41, 5.74) is 7.02. The Morgan fingerprint density at radius 1 is 1.29 bits per heavy atom. The van der Waals surface area contributed by atoms with E-state index in [9.17, 15) is 8.42 Å². The van der Waals surface area contributed by atoms with Crippen molar-refractivity contribution in [1.29, 1.82) is 5.26 Å². The number of anilines is 2. The van der Waals surface area contributed by atoms with Crippen molar-refractivity contribution in [1.82, 2.24) is 0 Å². The van der Waals surface area contributed by atoms with Gasteiger partial charge in [0.25, 0.3) is 10.0 Å². The predicted octanol–water partition coefficient (Wildman–Crippen LogP) is 2.90. The third-order valence-electron chi connectivity index (χ3n) is 2.87. The smallest absolute Gasteiger partial charge is 0.263 e. The van der Waals surface area contributed by atoms with Crippen LogP contribution in [-0.4, -0.2) is 8.42 Å². The molecule has 0 unspecified atom stereocenters. The lowest BCUT2D eigenvalue weighted by molar-refractivity contribution is 0.601. The monoisotopic (exact) mass is 321 g/mol. The molecule has 0 aliphatic carbocycles. The molecule has 2 aromatic rings. The van der Waals surface area contributed by atoms with Gasteiger partial charge in [0.15, 0.2) is 0 Å². The molecule has 0 atom stereocenters. The average Bonchev–Trinajstić information content (AvgIpc) is 2.41. The Labute approximate surface area is 128 Å². The largest absolute Gasteiger partial charge is 0.399 e. The molecule has 5 nitrogen and oxygen atoms in total. The van der Waals surface area contributed by atoms with E-state index >= 15 is 0 Å².